The molecule has 1 saturated heterocycles. The molecular weight excluding hydrogens is 403 g/mol. The van der Waals surface area contributed by atoms with Gasteiger partial charge in [0.2, 0.25) is 5.95 Å². The van der Waals surface area contributed by atoms with Gasteiger partial charge in [-0.2, -0.15) is 18.3 Å². The summed E-state index contributed by atoms with van der Waals surface area (Å²) in [6, 6.07) is 3.33. The van der Waals surface area contributed by atoms with Crippen LogP contribution in [0, 0.1) is 6.92 Å². The molecule has 0 atom stereocenters. The molecule has 160 valence electrons. The number of carbonyl (C=O) groups is 1. The van der Waals surface area contributed by atoms with Crippen molar-refractivity contribution in [3.8, 4) is 5.95 Å². The third-order valence-corrected chi connectivity index (χ3v) is 5.20. The number of nitrogens with one attached hydrogen (secondary N) is 1. The molecule has 1 amide bonds. The van der Waals surface area contributed by atoms with Gasteiger partial charge >= 0.3 is 6.18 Å². The van der Waals surface area contributed by atoms with Crippen LogP contribution in [0.2, 0.25) is 0 Å². The van der Waals surface area contributed by atoms with Crippen LogP contribution in [0.15, 0.2) is 29.3 Å². The summed E-state index contributed by atoms with van der Waals surface area (Å²) in [4.78, 5) is 31.0. The maximum absolute atomic E-state index is 12.9. The minimum atomic E-state index is -4.18. The summed E-state index contributed by atoms with van der Waals surface area (Å²) >= 11 is 0. The highest BCUT2D eigenvalue weighted by Gasteiger charge is 2.30. The third-order valence-electron chi connectivity index (χ3n) is 5.20. The van der Waals surface area contributed by atoms with Gasteiger partial charge in [-0.3, -0.25) is 19.5 Å². The molecule has 4 rings (SSSR count). The summed E-state index contributed by atoms with van der Waals surface area (Å²) in [5, 5.41) is 8.49. The number of hydrogen-bond acceptors (Lipinski definition) is 5. The molecule has 12 heteroatoms. The van der Waals surface area contributed by atoms with Gasteiger partial charge in [-0.1, -0.05) is 0 Å². The Bertz CT molecular complexity index is 1120. The summed E-state index contributed by atoms with van der Waals surface area (Å²) < 4.78 is 40.0. The van der Waals surface area contributed by atoms with Gasteiger partial charge in [0.05, 0.1) is 23.9 Å². The summed E-state index contributed by atoms with van der Waals surface area (Å²) in [6.07, 6.45) is -1.99. The van der Waals surface area contributed by atoms with Crippen LogP contribution < -0.4 is 5.56 Å². The molecule has 0 unspecified atom stereocenters. The van der Waals surface area contributed by atoms with Gasteiger partial charge in [0, 0.05) is 38.9 Å². The van der Waals surface area contributed by atoms with Crippen molar-refractivity contribution in [2.75, 3.05) is 32.7 Å². The minimum absolute atomic E-state index is 0.0661. The predicted molar refractivity (Wildman–Crippen MR) is 101 cm³/mol. The molecule has 0 bridgehead atoms. The molecule has 30 heavy (non-hydrogen) atoms. The summed E-state index contributed by atoms with van der Waals surface area (Å²) in [6.45, 7) is 3.07. The van der Waals surface area contributed by atoms with Crippen molar-refractivity contribution in [2.24, 2.45) is 0 Å². The van der Waals surface area contributed by atoms with Crippen molar-refractivity contribution in [1.82, 2.24) is 34.2 Å². The van der Waals surface area contributed by atoms with E-state index in [-0.39, 0.29) is 24.0 Å². The van der Waals surface area contributed by atoms with Gasteiger partial charge in [-0.05, 0) is 19.1 Å². The maximum atomic E-state index is 12.9. The minimum Gasteiger partial charge on any atom is -0.336 e. The van der Waals surface area contributed by atoms with Crippen LogP contribution >= 0.6 is 0 Å². The van der Waals surface area contributed by atoms with Crippen LogP contribution in [0.4, 0.5) is 13.2 Å². The Kier molecular flexibility index (Phi) is 5.10. The van der Waals surface area contributed by atoms with Crippen molar-refractivity contribution in [2.45, 2.75) is 19.5 Å². The normalized spacial score (nSPS) is 15.8. The molecule has 0 radical (unpaired) electrons. The Balaban J connectivity index is 1.47. The van der Waals surface area contributed by atoms with E-state index < -0.39 is 12.6 Å². The highest BCUT2D eigenvalue weighted by Crippen LogP contribution is 2.20. The highest BCUT2D eigenvalue weighted by atomic mass is 19.4. The first-order valence-electron chi connectivity index (χ1n) is 9.44. The summed E-state index contributed by atoms with van der Waals surface area (Å²) in [5.41, 5.74) is 0.925. The zero-order chi connectivity index (χ0) is 21.5. The first kappa shape index (κ1) is 20.1. The zero-order valence-corrected chi connectivity index (χ0v) is 16.2. The Labute approximate surface area is 168 Å². The monoisotopic (exact) mass is 423 g/mol. The number of amides is 1. The average molecular weight is 423 g/mol. The number of alkyl halides is 3. The third kappa shape index (κ3) is 3.95. The van der Waals surface area contributed by atoms with Crippen molar-refractivity contribution in [3.05, 3.63) is 46.1 Å². The average Bonchev–Trinajstić information content (AvgIpc) is 3.32. The molecule has 0 spiro atoms. The Morgan fingerprint density at radius 3 is 2.67 bits per heavy atom. The number of hydrogen-bond donors (Lipinski definition) is 1. The standard InChI is InChI=1S/C18H20F3N7O2/c1-12-13(16(30)26-9-7-25(8-10-26)6-4-18(19,20)21)11-22-28(12)17-23-15(29)14-3-2-5-27(14)24-17/h2-3,5,11H,4,6-10H2,1H3,(H,23,24,29). The number of halogens is 3. The molecular formula is C18H20F3N7O2. The summed E-state index contributed by atoms with van der Waals surface area (Å²) in [5.74, 6) is -0.0733. The maximum Gasteiger partial charge on any atom is 0.390 e. The fourth-order valence-electron chi connectivity index (χ4n) is 3.49. The number of H-pyrrole nitrogens is 1. The van der Waals surface area contributed by atoms with Crippen LogP contribution in [0.1, 0.15) is 22.5 Å². The fourth-order valence-corrected chi connectivity index (χ4v) is 3.49. The van der Waals surface area contributed by atoms with E-state index in [1.165, 1.54) is 15.4 Å². The number of aromatic amines is 1. The van der Waals surface area contributed by atoms with E-state index in [1.807, 2.05) is 0 Å². The molecule has 1 aliphatic rings. The van der Waals surface area contributed by atoms with Crippen molar-refractivity contribution < 1.29 is 18.0 Å². The highest BCUT2D eigenvalue weighted by molar-refractivity contribution is 5.95. The molecule has 4 heterocycles. The largest absolute Gasteiger partial charge is 0.390 e. The fraction of sp³-hybridized carbons (Fsp3) is 0.444. The van der Waals surface area contributed by atoms with Gasteiger partial charge < -0.3 is 4.90 Å². The van der Waals surface area contributed by atoms with Crippen molar-refractivity contribution in [1.29, 1.82) is 0 Å². The van der Waals surface area contributed by atoms with Crippen LogP contribution in [0.5, 0.6) is 0 Å². The van der Waals surface area contributed by atoms with E-state index in [1.54, 1.807) is 35.1 Å². The predicted octanol–water partition coefficient (Wildman–Crippen LogP) is 1.23. The lowest BCUT2D eigenvalue weighted by molar-refractivity contribution is -0.138. The molecule has 0 aromatic carbocycles. The van der Waals surface area contributed by atoms with Crippen LogP contribution in [-0.2, 0) is 0 Å². The lowest BCUT2D eigenvalue weighted by Gasteiger charge is -2.34. The number of piperazine rings is 1. The first-order valence-corrected chi connectivity index (χ1v) is 9.44. The van der Waals surface area contributed by atoms with E-state index in [0.29, 0.717) is 43.0 Å². The molecule has 0 saturated carbocycles. The second-order valence-electron chi connectivity index (χ2n) is 7.17. The number of carbonyl (C=O) groups excluding carboxylic acids is 1. The van der Waals surface area contributed by atoms with Gasteiger partial charge in [0.15, 0.2) is 0 Å². The molecule has 1 fully saturated rings. The van der Waals surface area contributed by atoms with Crippen LogP contribution in [-0.4, -0.2) is 79.0 Å². The van der Waals surface area contributed by atoms with Crippen LogP contribution in [0.3, 0.4) is 0 Å². The quantitative estimate of drug-likeness (QED) is 0.682. The molecule has 3 aromatic rings. The topological polar surface area (TPSA) is 91.5 Å². The zero-order valence-electron chi connectivity index (χ0n) is 16.2. The van der Waals surface area contributed by atoms with E-state index in [0.717, 1.165) is 0 Å². The van der Waals surface area contributed by atoms with Crippen molar-refractivity contribution >= 4 is 11.4 Å². The first-order chi connectivity index (χ1) is 14.2. The molecule has 3 aromatic heterocycles. The summed E-state index contributed by atoms with van der Waals surface area (Å²) in [7, 11) is 0. The van der Waals surface area contributed by atoms with Gasteiger partial charge in [-0.25, -0.2) is 9.20 Å². The SMILES string of the molecule is Cc1c(C(=O)N2CCN(CCC(F)(F)F)CC2)cnn1-c1nn2cccc2c(=O)[nH]1. The van der Waals surface area contributed by atoms with Gasteiger partial charge in [-0.15, -0.1) is 5.10 Å². The molecule has 0 aliphatic carbocycles. The van der Waals surface area contributed by atoms with Gasteiger partial charge in [0.1, 0.15) is 5.52 Å². The second-order valence-corrected chi connectivity index (χ2v) is 7.17. The molecule has 1 aliphatic heterocycles. The van der Waals surface area contributed by atoms with E-state index in [9.17, 15) is 22.8 Å². The number of rotatable bonds is 4. The second kappa shape index (κ2) is 7.59. The van der Waals surface area contributed by atoms with E-state index >= 15 is 0 Å². The molecule has 9 nitrogen and oxygen atoms in total. The Morgan fingerprint density at radius 1 is 1.23 bits per heavy atom. The number of nitrogens with zero attached hydrogens (tertiary/aromatic N) is 6. The van der Waals surface area contributed by atoms with Crippen LogP contribution in [0.25, 0.3) is 11.5 Å². The Hall–Kier alpha value is -3.15. The van der Waals surface area contributed by atoms with E-state index in [4.69, 9.17) is 0 Å². The Morgan fingerprint density at radius 2 is 1.97 bits per heavy atom. The lowest BCUT2D eigenvalue weighted by atomic mass is 10.2. The lowest BCUT2D eigenvalue weighted by Crippen LogP contribution is -2.49. The van der Waals surface area contributed by atoms with E-state index in [2.05, 4.69) is 15.2 Å². The molecule has 1 N–H and O–H groups in total. The smallest absolute Gasteiger partial charge is 0.336 e. The van der Waals surface area contributed by atoms with Crippen molar-refractivity contribution in [3.63, 3.8) is 0 Å². The number of aromatic nitrogens is 5. The van der Waals surface area contributed by atoms with Gasteiger partial charge in [0.25, 0.3) is 11.5 Å². The number of fused-ring (bicyclic) bond motifs is 1.